The fourth-order valence-electron chi connectivity index (χ4n) is 4.71. The van der Waals surface area contributed by atoms with Gasteiger partial charge in [-0.3, -0.25) is 13.9 Å². The molecule has 8 nitrogen and oxygen atoms in total. The van der Waals surface area contributed by atoms with Crippen LogP contribution in [0.1, 0.15) is 50.8 Å². The standard InChI is InChI=1S/C33H43N3O5S/c1-7-27-13-9-10-15-31(27)36(42(39,40)29-18-16-25(5)17-19-29)23-32(37)35(22-26-12-11-14-28(20-26)41-6)30(8-2)33(38)34-21-24(3)4/h9-20,24,30H,7-8,21-23H2,1-6H3,(H,34,38). The molecule has 0 aliphatic rings. The van der Waals surface area contributed by atoms with Crippen LogP contribution in [0.3, 0.4) is 0 Å². The Morgan fingerprint density at radius 3 is 2.26 bits per heavy atom. The number of para-hydroxylation sites is 1. The number of sulfonamides is 1. The summed E-state index contributed by atoms with van der Waals surface area (Å²) in [6, 6.07) is 20.3. The second kappa shape index (κ2) is 14.9. The zero-order valence-electron chi connectivity index (χ0n) is 25.5. The Balaban J connectivity index is 2.09. The van der Waals surface area contributed by atoms with Crippen molar-refractivity contribution in [2.45, 2.75) is 64.9 Å². The Morgan fingerprint density at radius 2 is 1.64 bits per heavy atom. The van der Waals surface area contributed by atoms with E-state index in [1.54, 1.807) is 49.6 Å². The Kier molecular flexibility index (Phi) is 11.6. The Bertz CT molecular complexity index is 1450. The molecule has 0 heterocycles. The summed E-state index contributed by atoms with van der Waals surface area (Å²) in [5.41, 5.74) is 2.92. The number of hydrogen-bond donors (Lipinski definition) is 1. The van der Waals surface area contributed by atoms with Crippen LogP contribution < -0.4 is 14.4 Å². The van der Waals surface area contributed by atoms with Crippen molar-refractivity contribution in [1.29, 1.82) is 0 Å². The number of aryl methyl sites for hydroxylation is 2. The largest absolute Gasteiger partial charge is 0.497 e. The Morgan fingerprint density at radius 1 is 0.952 bits per heavy atom. The summed E-state index contributed by atoms with van der Waals surface area (Å²) >= 11 is 0. The molecule has 0 saturated carbocycles. The second-order valence-corrected chi connectivity index (χ2v) is 12.6. The summed E-state index contributed by atoms with van der Waals surface area (Å²) in [6.07, 6.45) is 0.933. The number of rotatable bonds is 14. The molecular weight excluding hydrogens is 550 g/mol. The van der Waals surface area contributed by atoms with E-state index in [9.17, 15) is 18.0 Å². The van der Waals surface area contributed by atoms with Crippen LogP contribution in [-0.4, -0.2) is 51.4 Å². The van der Waals surface area contributed by atoms with E-state index in [0.29, 0.717) is 30.8 Å². The molecule has 0 radical (unpaired) electrons. The topological polar surface area (TPSA) is 96.0 Å². The van der Waals surface area contributed by atoms with Crippen molar-refractivity contribution < 1.29 is 22.7 Å². The Labute approximate surface area is 250 Å². The van der Waals surface area contributed by atoms with E-state index in [2.05, 4.69) is 5.32 Å². The summed E-state index contributed by atoms with van der Waals surface area (Å²) in [6.45, 7) is 9.78. The van der Waals surface area contributed by atoms with Crippen molar-refractivity contribution in [3.63, 3.8) is 0 Å². The normalized spacial score (nSPS) is 12.1. The minimum Gasteiger partial charge on any atom is -0.497 e. The number of carbonyl (C=O) groups is 2. The molecule has 226 valence electrons. The molecule has 0 aliphatic carbocycles. The van der Waals surface area contributed by atoms with Crippen molar-refractivity contribution in [3.05, 3.63) is 89.5 Å². The molecule has 2 amide bonds. The first-order valence-electron chi connectivity index (χ1n) is 14.4. The molecule has 0 aliphatic heterocycles. The summed E-state index contributed by atoms with van der Waals surface area (Å²) in [5.74, 6) is 0.0997. The van der Waals surface area contributed by atoms with E-state index in [1.165, 1.54) is 9.21 Å². The van der Waals surface area contributed by atoms with E-state index in [1.807, 2.05) is 65.0 Å². The van der Waals surface area contributed by atoms with E-state index >= 15 is 0 Å². The first-order valence-corrected chi connectivity index (χ1v) is 15.8. The van der Waals surface area contributed by atoms with Crippen LogP contribution in [0.2, 0.25) is 0 Å². The number of methoxy groups -OCH3 is 1. The fourth-order valence-corrected chi connectivity index (χ4v) is 6.17. The number of nitrogens with zero attached hydrogens (tertiary/aromatic N) is 2. The van der Waals surface area contributed by atoms with Crippen molar-refractivity contribution in [2.75, 3.05) is 24.5 Å². The van der Waals surface area contributed by atoms with Crippen molar-refractivity contribution in [2.24, 2.45) is 5.92 Å². The van der Waals surface area contributed by atoms with E-state index in [0.717, 1.165) is 16.7 Å². The molecule has 0 bridgehead atoms. The van der Waals surface area contributed by atoms with Gasteiger partial charge in [0.2, 0.25) is 11.8 Å². The van der Waals surface area contributed by atoms with Gasteiger partial charge in [0.05, 0.1) is 17.7 Å². The molecule has 3 rings (SSSR count). The SMILES string of the molecule is CCc1ccccc1N(CC(=O)N(Cc1cccc(OC)c1)C(CC)C(=O)NCC(C)C)S(=O)(=O)c1ccc(C)cc1. The molecule has 0 fully saturated rings. The third-order valence-electron chi connectivity index (χ3n) is 7.09. The monoisotopic (exact) mass is 593 g/mol. The molecule has 1 N–H and O–H groups in total. The van der Waals surface area contributed by atoms with Crippen molar-refractivity contribution >= 4 is 27.5 Å². The van der Waals surface area contributed by atoms with E-state index in [-0.39, 0.29) is 23.3 Å². The highest BCUT2D eigenvalue weighted by Gasteiger charge is 2.34. The molecular formula is C33H43N3O5S. The van der Waals surface area contributed by atoms with Crippen LogP contribution in [0.25, 0.3) is 0 Å². The van der Waals surface area contributed by atoms with Crippen molar-refractivity contribution in [3.8, 4) is 5.75 Å². The van der Waals surface area contributed by atoms with Crippen LogP contribution in [0.4, 0.5) is 5.69 Å². The van der Waals surface area contributed by atoms with Crippen LogP contribution in [0.15, 0.2) is 77.7 Å². The molecule has 3 aromatic rings. The molecule has 3 aromatic carbocycles. The molecule has 0 saturated heterocycles. The zero-order valence-corrected chi connectivity index (χ0v) is 26.3. The van der Waals surface area contributed by atoms with Gasteiger partial charge >= 0.3 is 0 Å². The van der Waals surface area contributed by atoms with Gasteiger partial charge in [0.25, 0.3) is 10.0 Å². The fraction of sp³-hybridized carbons (Fsp3) is 0.394. The Hall–Kier alpha value is -3.85. The minimum absolute atomic E-state index is 0.0906. The highest BCUT2D eigenvalue weighted by atomic mass is 32.2. The first-order chi connectivity index (χ1) is 20.0. The van der Waals surface area contributed by atoms with Crippen LogP contribution >= 0.6 is 0 Å². The molecule has 9 heteroatoms. The van der Waals surface area contributed by atoms with Gasteiger partial charge in [0.1, 0.15) is 18.3 Å². The van der Waals surface area contributed by atoms with Gasteiger partial charge in [-0.25, -0.2) is 8.42 Å². The number of nitrogens with one attached hydrogen (secondary N) is 1. The quantitative estimate of drug-likeness (QED) is 0.272. The highest BCUT2D eigenvalue weighted by molar-refractivity contribution is 7.92. The smallest absolute Gasteiger partial charge is 0.264 e. The molecule has 0 aromatic heterocycles. The van der Waals surface area contributed by atoms with Gasteiger partial charge < -0.3 is 15.0 Å². The number of hydrogen-bond acceptors (Lipinski definition) is 5. The first kappa shape index (κ1) is 32.7. The van der Waals surface area contributed by atoms with Crippen LogP contribution in [-0.2, 0) is 32.6 Å². The highest BCUT2D eigenvalue weighted by Crippen LogP contribution is 2.29. The predicted octanol–water partition coefficient (Wildman–Crippen LogP) is 5.34. The average molecular weight is 594 g/mol. The lowest BCUT2D eigenvalue weighted by Crippen LogP contribution is -2.52. The lowest BCUT2D eigenvalue weighted by molar-refractivity contribution is -0.140. The number of anilines is 1. The molecule has 1 unspecified atom stereocenters. The van der Waals surface area contributed by atoms with Crippen LogP contribution in [0.5, 0.6) is 5.75 Å². The van der Waals surface area contributed by atoms with Gasteiger partial charge in [0.15, 0.2) is 0 Å². The maximum absolute atomic E-state index is 14.3. The molecule has 42 heavy (non-hydrogen) atoms. The lowest BCUT2D eigenvalue weighted by Gasteiger charge is -2.34. The number of amides is 2. The lowest BCUT2D eigenvalue weighted by atomic mass is 10.1. The van der Waals surface area contributed by atoms with Gasteiger partial charge in [-0.1, -0.05) is 75.7 Å². The van der Waals surface area contributed by atoms with Crippen LogP contribution in [0, 0.1) is 12.8 Å². The van der Waals surface area contributed by atoms with E-state index < -0.39 is 28.5 Å². The van der Waals surface area contributed by atoms with Gasteiger partial charge in [-0.2, -0.15) is 0 Å². The zero-order chi connectivity index (χ0) is 30.9. The number of benzene rings is 3. The maximum Gasteiger partial charge on any atom is 0.264 e. The predicted molar refractivity (Wildman–Crippen MR) is 167 cm³/mol. The number of ether oxygens (including phenoxy) is 1. The third kappa shape index (κ3) is 8.12. The molecule has 0 spiro atoms. The number of carbonyl (C=O) groups excluding carboxylic acids is 2. The summed E-state index contributed by atoms with van der Waals surface area (Å²) in [5, 5.41) is 2.95. The second-order valence-electron chi connectivity index (χ2n) is 10.7. The van der Waals surface area contributed by atoms with Gasteiger partial charge in [-0.15, -0.1) is 0 Å². The summed E-state index contributed by atoms with van der Waals surface area (Å²) < 4.78 is 34.8. The summed E-state index contributed by atoms with van der Waals surface area (Å²) in [7, 11) is -2.56. The third-order valence-corrected chi connectivity index (χ3v) is 8.86. The van der Waals surface area contributed by atoms with Crippen molar-refractivity contribution in [1.82, 2.24) is 10.2 Å². The van der Waals surface area contributed by atoms with Gasteiger partial charge in [-0.05, 0) is 67.1 Å². The molecule has 1 atom stereocenters. The maximum atomic E-state index is 14.3. The van der Waals surface area contributed by atoms with E-state index in [4.69, 9.17) is 4.74 Å². The minimum atomic E-state index is -4.12. The summed E-state index contributed by atoms with van der Waals surface area (Å²) in [4.78, 5) is 29.2. The van der Waals surface area contributed by atoms with Gasteiger partial charge in [0, 0.05) is 13.1 Å². The average Bonchev–Trinajstić information content (AvgIpc) is 2.98.